The fourth-order valence-electron chi connectivity index (χ4n) is 6.18. The zero-order valence-electron chi connectivity index (χ0n) is 20.2. The van der Waals surface area contributed by atoms with Crippen LogP contribution in [0.15, 0.2) is 54.6 Å². The molecular weight excluding hydrogens is 482 g/mol. The molecule has 0 aromatic heterocycles. The Morgan fingerprint density at radius 1 is 1.11 bits per heavy atom. The number of aliphatic hydroxyl groups excluding tert-OH is 1. The Bertz CT molecular complexity index is 1180. The van der Waals surface area contributed by atoms with Crippen molar-refractivity contribution in [2.75, 3.05) is 17.2 Å². The number of anilines is 2. The Labute approximate surface area is 215 Å². The highest BCUT2D eigenvalue weighted by Gasteiger charge is 2.75. The van der Waals surface area contributed by atoms with Crippen molar-refractivity contribution in [1.82, 2.24) is 4.90 Å². The number of nitrogens with one attached hydrogen (secondary N) is 2. The third-order valence-corrected chi connectivity index (χ3v) is 8.11. The average Bonchev–Trinajstić information content (AvgIpc) is 3.49. The number of benzene rings is 2. The van der Waals surface area contributed by atoms with Gasteiger partial charge in [0.1, 0.15) is 11.6 Å². The van der Waals surface area contributed by atoms with Crippen LogP contribution >= 0.6 is 11.6 Å². The van der Waals surface area contributed by atoms with E-state index in [4.69, 9.17) is 16.3 Å². The Hall–Kier alpha value is -2.94. The number of para-hydroxylation sites is 2. The highest BCUT2D eigenvalue weighted by atomic mass is 35.5. The van der Waals surface area contributed by atoms with Gasteiger partial charge in [-0.25, -0.2) is 0 Å². The van der Waals surface area contributed by atoms with Crippen LogP contribution in [-0.4, -0.2) is 58.1 Å². The normalized spacial score (nSPS) is 29.4. The van der Waals surface area contributed by atoms with E-state index >= 15 is 0 Å². The summed E-state index contributed by atoms with van der Waals surface area (Å²) in [4.78, 5) is 42.8. The van der Waals surface area contributed by atoms with E-state index < -0.39 is 41.5 Å². The number of likely N-dealkylation sites (tertiary alicyclic amines) is 1. The number of rotatable bonds is 7. The molecule has 3 aliphatic rings. The minimum absolute atomic E-state index is 0.126. The molecule has 3 saturated heterocycles. The van der Waals surface area contributed by atoms with Crippen LogP contribution < -0.4 is 10.6 Å². The molecule has 3 heterocycles. The van der Waals surface area contributed by atoms with E-state index in [9.17, 15) is 19.5 Å². The summed E-state index contributed by atoms with van der Waals surface area (Å²) in [5.41, 5.74) is -0.105. The van der Waals surface area contributed by atoms with Crippen molar-refractivity contribution in [2.45, 2.75) is 50.5 Å². The quantitative estimate of drug-likeness (QED) is 0.528. The lowest BCUT2D eigenvalue weighted by Gasteiger charge is -2.38. The van der Waals surface area contributed by atoms with Crippen molar-refractivity contribution in [3.63, 3.8) is 0 Å². The van der Waals surface area contributed by atoms with E-state index in [1.807, 2.05) is 32.0 Å². The fourth-order valence-corrected chi connectivity index (χ4v) is 6.36. The summed E-state index contributed by atoms with van der Waals surface area (Å²) >= 11 is 6.29. The van der Waals surface area contributed by atoms with E-state index in [1.165, 1.54) is 4.90 Å². The molecule has 6 atom stereocenters. The van der Waals surface area contributed by atoms with Crippen molar-refractivity contribution in [3.8, 4) is 0 Å². The van der Waals surface area contributed by atoms with Crippen molar-refractivity contribution in [3.05, 3.63) is 59.6 Å². The number of hydrogen-bond donors (Lipinski definition) is 3. The molecular formula is C27H30ClN3O5. The monoisotopic (exact) mass is 511 g/mol. The van der Waals surface area contributed by atoms with Crippen molar-refractivity contribution >= 4 is 40.7 Å². The molecule has 2 aromatic rings. The van der Waals surface area contributed by atoms with E-state index in [0.29, 0.717) is 29.2 Å². The summed E-state index contributed by atoms with van der Waals surface area (Å²) < 4.78 is 6.43. The highest BCUT2D eigenvalue weighted by Crippen LogP contribution is 2.59. The van der Waals surface area contributed by atoms with Gasteiger partial charge in [0.05, 0.1) is 41.3 Å². The first-order chi connectivity index (χ1) is 17.3. The van der Waals surface area contributed by atoms with Gasteiger partial charge in [0.25, 0.3) is 0 Å². The molecule has 9 heteroatoms. The van der Waals surface area contributed by atoms with Crippen LogP contribution in [0.25, 0.3) is 0 Å². The Kier molecular flexibility index (Phi) is 6.53. The van der Waals surface area contributed by atoms with Gasteiger partial charge in [-0.05, 0) is 43.0 Å². The van der Waals surface area contributed by atoms with Gasteiger partial charge in [-0.15, -0.1) is 0 Å². The van der Waals surface area contributed by atoms with E-state index in [-0.39, 0.29) is 24.3 Å². The lowest BCUT2D eigenvalue weighted by atomic mass is 9.70. The minimum atomic E-state index is -1.16. The van der Waals surface area contributed by atoms with Gasteiger partial charge in [-0.3, -0.25) is 14.4 Å². The van der Waals surface area contributed by atoms with Gasteiger partial charge >= 0.3 is 0 Å². The smallest absolute Gasteiger partial charge is 0.250 e. The number of carbonyl (C=O) groups is 3. The Balaban J connectivity index is 1.52. The molecule has 2 aromatic carbocycles. The Morgan fingerprint density at radius 3 is 2.47 bits per heavy atom. The number of carbonyl (C=O) groups excluding carboxylic acids is 3. The number of aliphatic hydroxyl groups is 1. The summed E-state index contributed by atoms with van der Waals surface area (Å²) in [6, 6.07) is 14.3. The molecule has 5 rings (SSSR count). The van der Waals surface area contributed by atoms with Gasteiger partial charge in [0, 0.05) is 5.69 Å². The van der Waals surface area contributed by atoms with Crippen LogP contribution in [0, 0.1) is 17.8 Å². The highest BCUT2D eigenvalue weighted by molar-refractivity contribution is 6.33. The molecule has 3 amide bonds. The molecule has 3 N–H and O–H groups in total. The molecule has 2 bridgehead atoms. The van der Waals surface area contributed by atoms with Gasteiger partial charge in [-0.1, -0.05) is 55.8 Å². The summed E-state index contributed by atoms with van der Waals surface area (Å²) in [5.74, 6) is -2.77. The zero-order valence-corrected chi connectivity index (χ0v) is 20.9. The van der Waals surface area contributed by atoms with Crippen LogP contribution in [0.3, 0.4) is 0 Å². The summed E-state index contributed by atoms with van der Waals surface area (Å²) in [5, 5.41) is 16.4. The standard InChI is InChI=1S/C27H30ClN3O5/c1-15(2)19(14-32)31-23(25(34)30-18-11-7-6-10-17(18)28)27-13-12-20(36-27)21(22(27)26(31)35)24(33)29-16-8-4-3-5-9-16/h3-11,15,19-23,32H,12-14H2,1-2H3,(H,29,33)(H,30,34)/t19-,20+,21-,22-,23?,27?/m0/s1. The van der Waals surface area contributed by atoms with Crippen LogP contribution in [-0.2, 0) is 19.1 Å². The van der Waals surface area contributed by atoms with Crippen LogP contribution in [0.5, 0.6) is 0 Å². The van der Waals surface area contributed by atoms with Gasteiger partial charge < -0.3 is 25.4 Å². The summed E-state index contributed by atoms with van der Waals surface area (Å²) in [6.45, 7) is 3.47. The van der Waals surface area contributed by atoms with E-state index in [2.05, 4.69) is 10.6 Å². The molecule has 36 heavy (non-hydrogen) atoms. The van der Waals surface area contributed by atoms with Crippen molar-refractivity contribution in [2.24, 2.45) is 17.8 Å². The largest absolute Gasteiger partial charge is 0.394 e. The first-order valence-corrected chi connectivity index (χ1v) is 12.7. The average molecular weight is 512 g/mol. The summed E-state index contributed by atoms with van der Waals surface area (Å²) in [6.07, 6.45) is 0.564. The predicted octanol–water partition coefficient (Wildman–Crippen LogP) is 3.31. The lowest BCUT2D eigenvalue weighted by Crippen LogP contribution is -2.57. The first kappa shape index (κ1) is 24.7. The second-order valence-electron chi connectivity index (χ2n) is 10.1. The summed E-state index contributed by atoms with van der Waals surface area (Å²) in [7, 11) is 0. The van der Waals surface area contributed by atoms with Gasteiger partial charge in [0.2, 0.25) is 17.7 Å². The molecule has 8 nitrogen and oxygen atoms in total. The topological polar surface area (TPSA) is 108 Å². The van der Waals surface area contributed by atoms with E-state index in [1.54, 1.807) is 36.4 Å². The third kappa shape index (κ3) is 3.88. The zero-order chi connectivity index (χ0) is 25.6. The second kappa shape index (κ2) is 9.50. The number of halogens is 1. The second-order valence-corrected chi connectivity index (χ2v) is 10.5. The maximum Gasteiger partial charge on any atom is 0.250 e. The molecule has 0 radical (unpaired) electrons. The van der Waals surface area contributed by atoms with Crippen LogP contribution in [0.2, 0.25) is 5.02 Å². The van der Waals surface area contributed by atoms with Gasteiger partial charge in [-0.2, -0.15) is 0 Å². The first-order valence-electron chi connectivity index (χ1n) is 12.3. The molecule has 0 aliphatic carbocycles. The van der Waals surface area contributed by atoms with Crippen molar-refractivity contribution in [1.29, 1.82) is 0 Å². The molecule has 3 aliphatic heterocycles. The number of fused-ring (bicyclic) bond motifs is 1. The molecule has 190 valence electrons. The molecule has 3 fully saturated rings. The molecule has 2 unspecified atom stereocenters. The number of nitrogens with zero attached hydrogens (tertiary/aromatic N) is 1. The maximum absolute atomic E-state index is 14.0. The minimum Gasteiger partial charge on any atom is -0.394 e. The SMILES string of the molecule is CC(C)[C@H](CO)N1C(=O)[C@@H]2[C@@H](C(=O)Nc3ccccc3)[C@H]3CCC2(O3)C1C(=O)Nc1ccccc1Cl. The van der Waals surface area contributed by atoms with Crippen LogP contribution in [0.4, 0.5) is 11.4 Å². The molecule has 0 saturated carbocycles. The Morgan fingerprint density at radius 2 is 1.81 bits per heavy atom. The van der Waals surface area contributed by atoms with Gasteiger partial charge in [0.15, 0.2) is 0 Å². The molecule has 1 spiro atoms. The predicted molar refractivity (Wildman–Crippen MR) is 135 cm³/mol. The van der Waals surface area contributed by atoms with Crippen LogP contribution in [0.1, 0.15) is 26.7 Å². The number of amides is 3. The number of ether oxygens (including phenoxy) is 1. The van der Waals surface area contributed by atoms with E-state index in [0.717, 1.165) is 0 Å². The fraction of sp³-hybridized carbons (Fsp3) is 0.444. The van der Waals surface area contributed by atoms with Crippen molar-refractivity contribution < 1.29 is 24.2 Å². The number of hydrogen-bond acceptors (Lipinski definition) is 5. The lowest BCUT2D eigenvalue weighted by molar-refractivity contribution is -0.144. The third-order valence-electron chi connectivity index (χ3n) is 7.78. The maximum atomic E-state index is 14.0.